The van der Waals surface area contributed by atoms with Crippen molar-refractivity contribution in [3.8, 4) is 0 Å². The third-order valence-corrected chi connectivity index (χ3v) is 3.87. The van der Waals surface area contributed by atoms with E-state index in [2.05, 4.69) is 0 Å². The molecule has 5 heteroatoms. The predicted octanol–water partition coefficient (Wildman–Crippen LogP) is 2.50. The zero-order chi connectivity index (χ0) is 15.5. The highest BCUT2D eigenvalue weighted by molar-refractivity contribution is 5.86. The van der Waals surface area contributed by atoms with Crippen LogP contribution in [0.4, 0.5) is 0 Å². The fourth-order valence-electron chi connectivity index (χ4n) is 2.70. The Hall–Kier alpha value is -2.56. The molecule has 1 aliphatic rings. The van der Waals surface area contributed by atoms with Gasteiger partial charge in [-0.15, -0.1) is 0 Å². The Kier molecular flexibility index (Phi) is 3.96. The molecule has 0 saturated heterocycles. The molecule has 0 spiro atoms. The van der Waals surface area contributed by atoms with E-state index in [9.17, 15) is 9.59 Å². The van der Waals surface area contributed by atoms with E-state index in [0.717, 1.165) is 17.7 Å². The summed E-state index contributed by atoms with van der Waals surface area (Å²) in [6.07, 6.45) is 2.31. The van der Waals surface area contributed by atoms with Crippen LogP contribution in [0.2, 0.25) is 0 Å². The van der Waals surface area contributed by atoms with Gasteiger partial charge in [0, 0.05) is 18.4 Å². The first-order chi connectivity index (χ1) is 10.6. The number of benzene rings is 1. The highest BCUT2D eigenvalue weighted by Crippen LogP contribution is 2.48. The molecule has 5 nitrogen and oxygen atoms in total. The lowest BCUT2D eigenvalue weighted by molar-refractivity contribution is -0.145. The minimum atomic E-state index is -1.00. The third-order valence-electron chi connectivity index (χ3n) is 3.87. The van der Waals surface area contributed by atoms with Crippen molar-refractivity contribution < 1.29 is 19.1 Å². The summed E-state index contributed by atoms with van der Waals surface area (Å²) >= 11 is 0. The maximum atomic E-state index is 12.6. The van der Waals surface area contributed by atoms with Gasteiger partial charge in [0.25, 0.3) is 0 Å². The Bertz CT molecular complexity index is 651. The van der Waals surface area contributed by atoms with E-state index in [-0.39, 0.29) is 24.3 Å². The average molecular weight is 299 g/mol. The number of hydrogen-bond donors (Lipinski definition) is 1. The molecule has 1 saturated carbocycles. The van der Waals surface area contributed by atoms with Gasteiger partial charge >= 0.3 is 5.97 Å². The molecular formula is C17H17NO4. The fourth-order valence-corrected chi connectivity index (χ4v) is 2.70. The molecule has 114 valence electrons. The minimum Gasteiger partial charge on any atom is -0.480 e. The van der Waals surface area contributed by atoms with Gasteiger partial charge in [-0.05, 0) is 24.1 Å². The highest BCUT2D eigenvalue weighted by atomic mass is 16.4. The van der Waals surface area contributed by atoms with E-state index in [1.165, 1.54) is 4.90 Å². The number of amides is 1. The number of hydrogen-bond acceptors (Lipinski definition) is 3. The van der Waals surface area contributed by atoms with Crippen molar-refractivity contribution in [3.63, 3.8) is 0 Å². The maximum Gasteiger partial charge on any atom is 0.323 e. The van der Waals surface area contributed by atoms with E-state index in [1.807, 2.05) is 36.4 Å². The summed E-state index contributed by atoms with van der Waals surface area (Å²) in [6, 6.07) is 13.1. The summed E-state index contributed by atoms with van der Waals surface area (Å²) in [5, 5.41) is 9.05. The zero-order valence-electron chi connectivity index (χ0n) is 12.0. The van der Waals surface area contributed by atoms with Gasteiger partial charge < -0.3 is 14.4 Å². The fraction of sp³-hybridized carbons (Fsp3) is 0.294. The SMILES string of the molecule is O=C(O)CN(Cc1ccccc1)C(=O)C1CC1c1ccco1. The van der Waals surface area contributed by atoms with Crippen molar-refractivity contribution in [2.75, 3.05) is 6.54 Å². The van der Waals surface area contributed by atoms with Crippen molar-refractivity contribution in [3.05, 3.63) is 60.1 Å². The lowest BCUT2D eigenvalue weighted by Gasteiger charge is -2.21. The number of carbonyl (C=O) groups excluding carboxylic acids is 1. The number of rotatable bonds is 6. The lowest BCUT2D eigenvalue weighted by Crippen LogP contribution is -2.36. The summed E-state index contributed by atoms with van der Waals surface area (Å²) in [5.41, 5.74) is 0.923. The van der Waals surface area contributed by atoms with E-state index in [1.54, 1.807) is 12.3 Å². The molecule has 0 bridgehead atoms. The van der Waals surface area contributed by atoms with Crippen LogP contribution in [0.15, 0.2) is 53.1 Å². The van der Waals surface area contributed by atoms with E-state index < -0.39 is 5.97 Å². The van der Waals surface area contributed by atoms with Gasteiger partial charge in [-0.1, -0.05) is 30.3 Å². The standard InChI is InChI=1S/C17H17NO4/c19-16(20)11-18(10-12-5-2-1-3-6-12)17(21)14-9-13(14)15-7-4-8-22-15/h1-8,13-14H,9-11H2,(H,19,20). The molecule has 1 fully saturated rings. The second-order valence-corrected chi connectivity index (χ2v) is 5.54. The summed E-state index contributed by atoms with van der Waals surface area (Å²) in [6.45, 7) is 0.0302. The van der Waals surface area contributed by atoms with Crippen LogP contribution in [0.25, 0.3) is 0 Å². The zero-order valence-corrected chi connectivity index (χ0v) is 12.0. The third kappa shape index (κ3) is 3.19. The number of carbonyl (C=O) groups is 2. The molecule has 1 heterocycles. The van der Waals surface area contributed by atoms with Crippen LogP contribution >= 0.6 is 0 Å². The van der Waals surface area contributed by atoms with Gasteiger partial charge in [0.05, 0.1) is 6.26 Å². The lowest BCUT2D eigenvalue weighted by atomic mass is 10.2. The van der Waals surface area contributed by atoms with E-state index in [4.69, 9.17) is 9.52 Å². The van der Waals surface area contributed by atoms with Crippen LogP contribution in [0.3, 0.4) is 0 Å². The van der Waals surface area contributed by atoms with Gasteiger partial charge in [-0.2, -0.15) is 0 Å². The van der Waals surface area contributed by atoms with Gasteiger partial charge in [-0.3, -0.25) is 9.59 Å². The largest absolute Gasteiger partial charge is 0.480 e. The molecule has 1 aliphatic carbocycles. The monoisotopic (exact) mass is 299 g/mol. The normalized spacial score (nSPS) is 19.6. The summed E-state index contributed by atoms with van der Waals surface area (Å²) in [5.74, 6) is -0.413. The predicted molar refractivity (Wildman–Crippen MR) is 79.1 cm³/mol. The number of aliphatic carboxylic acids is 1. The first kappa shape index (κ1) is 14.4. The Morgan fingerprint density at radius 1 is 1.18 bits per heavy atom. The van der Waals surface area contributed by atoms with Gasteiger partial charge in [0.15, 0.2) is 0 Å². The van der Waals surface area contributed by atoms with Crippen molar-refractivity contribution >= 4 is 11.9 Å². The second-order valence-electron chi connectivity index (χ2n) is 5.54. The molecule has 1 N–H and O–H groups in total. The van der Waals surface area contributed by atoms with Crippen LogP contribution in [0.5, 0.6) is 0 Å². The summed E-state index contributed by atoms with van der Waals surface area (Å²) in [7, 11) is 0. The molecule has 22 heavy (non-hydrogen) atoms. The smallest absolute Gasteiger partial charge is 0.323 e. The number of furan rings is 1. The first-order valence-electron chi connectivity index (χ1n) is 7.23. The van der Waals surface area contributed by atoms with E-state index in [0.29, 0.717) is 6.54 Å². The molecule has 2 unspecified atom stereocenters. The highest BCUT2D eigenvalue weighted by Gasteiger charge is 2.47. The molecule has 0 radical (unpaired) electrons. The van der Waals surface area contributed by atoms with Crippen LogP contribution < -0.4 is 0 Å². The number of carboxylic acids is 1. The number of carboxylic acid groups (broad SMARTS) is 1. The minimum absolute atomic E-state index is 0.0783. The Morgan fingerprint density at radius 3 is 2.59 bits per heavy atom. The molecule has 3 rings (SSSR count). The van der Waals surface area contributed by atoms with Crippen LogP contribution in [0.1, 0.15) is 23.7 Å². The summed E-state index contributed by atoms with van der Waals surface area (Å²) < 4.78 is 5.33. The molecule has 1 aromatic carbocycles. The van der Waals surface area contributed by atoms with Gasteiger partial charge in [0.1, 0.15) is 12.3 Å². The molecule has 1 aromatic heterocycles. The van der Waals surface area contributed by atoms with Gasteiger partial charge in [0.2, 0.25) is 5.91 Å². The number of nitrogens with zero attached hydrogens (tertiary/aromatic N) is 1. The molecule has 0 aliphatic heterocycles. The van der Waals surface area contributed by atoms with Crippen LogP contribution in [0, 0.1) is 5.92 Å². The molecular weight excluding hydrogens is 282 g/mol. The van der Waals surface area contributed by atoms with Crippen molar-refractivity contribution in [2.45, 2.75) is 18.9 Å². The molecule has 2 atom stereocenters. The second kappa shape index (κ2) is 6.05. The Balaban J connectivity index is 1.69. The maximum absolute atomic E-state index is 12.6. The summed E-state index contributed by atoms with van der Waals surface area (Å²) in [4.78, 5) is 25.0. The Labute approximate surface area is 128 Å². The molecule has 2 aromatic rings. The van der Waals surface area contributed by atoms with Crippen molar-refractivity contribution in [1.82, 2.24) is 4.90 Å². The van der Waals surface area contributed by atoms with Gasteiger partial charge in [-0.25, -0.2) is 0 Å². The van der Waals surface area contributed by atoms with Crippen LogP contribution in [-0.2, 0) is 16.1 Å². The van der Waals surface area contributed by atoms with E-state index >= 15 is 0 Å². The average Bonchev–Trinajstić information content (AvgIpc) is 3.11. The van der Waals surface area contributed by atoms with Crippen LogP contribution in [-0.4, -0.2) is 28.4 Å². The first-order valence-corrected chi connectivity index (χ1v) is 7.23. The quantitative estimate of drug-likeness (QED) is 0.889. The van der Waals surface area contributed by atoms with Crippen molar-refractivity contribution in [1.29, 1.82) is 0 Å². The molecule has 1 amide bonds. The van der Waals surface area contributed by atoms with Crippen molar-refractivity contribution in [2.24, 2.45) is 5.92 Å². The Morgan fingerprint density at radius 2 is 1.95 bits per heavy atom. The topological polar surface area (TPSA) is 70.8 Å².